The molecule has 0 spiro atoms. The van der Waals surface area contributed by atoms with Crippen molar-refractivity contribution in [3.05, 3.63) is 58.1 Å². The Hall–Kier alpha value is -1.03. The molecule has 3 rings (SSSR count). The number of aliphatic hydroxyl groups is 1. The maximum atomic E-state index is 14.1. The summed E-state index contributed by atoms with van der Waals surface area (Å²) >= 11 is 12.3. The predicted molar refractivity (Wildman–Crippen MR) is 117 cm³/mol. The van der Waals surface area contributed by atoms with Crippen LogP contribution in [0.3, 0.4) is 0 Å². The molecule has 0 amide bonds. The standard InChI is InChI=1S/C21H26Cl2NO3P/c1-24(2)16-9-11-18(12-10-16)28(26,27-17-6-4-3-5-7-17)21(25)19-13-8-15(22)14-20(19)23/h8-14,17,21,25H,3-7H2,1-2H3. The smallest absolute Gasteiger partial charge is 0.264 e. The van der Waals surface area contributed by atoms with Crippen LogP contribution in [0.15, 0.2) is 42.5 Å². The molecular formula is C21H26Cl2NO3P. The zero-order chi connectivity index (χ0) is 20.3. The lowest BCUT2D eigenvalue weighted by atomic mass is 9.98. The van der Waals surface area contributed by atoms with Crippen LogP contribution in [0.25, 0.3) is 0 Å². The third kappa shape index (κ3) is 4.75. The van der Waals surface area contributed by atoms with Gasteiger partial charge in [-0.25, -0.2) is 0 Å². The van der Waals surface area contributed by atoms with Gasteiger partial charge in [0.1, 0.15) is 0 Å². The highest BCUT2D eigenvalue weighted by Gasteiger charge is 2.40. The monoisotopic (exact) mass is 441 g/mol. The van der Waals surface area contributed by atoms with Gasteiger partial charge in [-0.15, -0.1) is 0 Å². The Balaban J connectivity index is 2.01. The molecule has 28 heavy (non-hydrogen) atoms. The van der Waals surface area contributed by atoms with Gasteiger partial charge in [0, 0.05) is 40.7 Å². The fourth-order valence-electron chi connectivity index (χ4n) is 3.50. The molecule has 0 aliphatic heterocycles. The molecule has 0 heterocycles. The Morgan fingerprint density at radius 3 is 2.29 bits per heavy atom. The zero-order valence-corrected chi connectivity index (χ0v) is 18.6. The Kier molecular flexibility index (Phi) is 7.12. The van der Waals surface area contributed by atoms with Gasteiger partial charge in [0.25, 0.3) is 7.37 Å². The van der Waals surface area contributed by atoms with Gasteiger partial charge in [-0.3, -0.25) is 4.57 Å². The lowest BCUT2D eigenvalue weighted by Gasteiger charge is -2.31. The molecule has 2 atom stereocenters. The van der Waals surface area contributed by atoms with Crippen LogP contribution in [0.5, 0.6) is 0 Å². The largest absolute Gasteiger partial charge is 0.378 e. The van der Waals surface area contributed by atoms with Crippen LogP contribution >= 0.6 is 30.6 Å². The van der Waals surface area contributed by atoms with Gasteiger partial charge < -0.3 is 14.5 Å². The number of nitrogens with zero attached hydrogens (tertiary/aromatic N) is 1. The molecule has 4 nitrogen and oxygen atoms in total. The zero-order valence-electron chi connectivity index (χ0n) is 16.1. The van der Waals surface area contributed by atoms with Crippen LogP contribution in [-0.4, -0.2) is 25.3 Å². The molecule has 1 saturated carbocycles. The van der Waals surface area contributed by atoms with Gasteiger partial charge in [-0.2, -0.15) is 0 Å². The van der Waals surface area contributed by atoms with Crippen molar-refractivity contribution in [3.8, 4) is 0 Å². The molecule has 7 heteroatoms. The predicted octanol–water partition coefficient (Wildman–Crippen LogP) is 6.00. The average Bonchev–Trinajstić information content (AvgIpc) is 2.68. The minimum absolute atomic E-state index is 0.131. The lowest BCUT2D eigenvalue weighted by Crippen LogP contribution is -2.22. The first-order chi connectivity index (χ1) is 13.3. The summed E-state index contributed by atoms with van der Waals surface area (Å²) in [7, 11) is 0.244. The van der Waals surface area contributed by atoms with Crippen LogP contribution < -0.4 is 10.2 Å². The van der Waals surface area contributed by atoms with Crippen molar-refractivity contribution in [3.63, 3.8) is 0 Å². The summed E-state index contributed by atoms with van der Waals surface area (Å²) in [6, 6.07) is 12.1. The summed E-state index contributed by atoms with van der Waals surface area (Å²) in [6.07, 6.45) is 4.81. The minimum atomic E-state index is -3.64. The third-order valence-electron chi connectivity index (χ3n) is 5.15. The van der Waals surface area contributed by atoms with E-state index < -0.39 is 13.2 Å². The van der Waals surface area contributed by atoms with Gasteiger partial charge in [0.2, 0.25) is 0 Å². The number of aliphatic hydroxyl groups excluding tert-OH is 1. The van der Waals surface area contributed by atoms with Crippen molar-refractivity contribution in [2.24, 2.45) is 0 Å². The van der Waals surface area contributed by atoms with Crippen LogP contribution in [0.2, 0.25) is 10.0 Å². The molecule has 0 bridgehead atoms. The first-order valence-corrected chi connectivity index (χ1v) is 12.0. The molecule has 1 aliphatic carbocycles. The number of hydrogen-bond donors (Lipinski definition) is 1. The molecular weight excluding hydrogens is 416 g/mol. The van der Waals surface area contributed by atoms with Crippen LogP contribution in [0.1, 0.15) is 43.5 Å². The Labute approximate surface area is 176 Å². The maximum absolute atomic E-state index is 14.1. The molecule has 0 aromatic heterocycles. The molecule has 0 saturated heterocycles. The molecule has 1 aliphatic rings. The van der Waals surface area contributed by atoms with Crippen molar-refractivity contribution >= 4 is 41.6 Å². The van der Waals surface area contributed by atoms with Gasteiger partial charge in [0.05, 0.1) is 6.10 Å². The highest BCUT2D eigenvalue weighted by atomic mass is 35.5. The summed E-state index contributed by atoms with van der Waals surface area (Å²) in [4.78, 5) is 1.96. The van der Waals surface area contributed by atoms with E-state index in [9.17, 15) is 9.67 Å². The summed E-state index contributed by atoms with van der Waals surface area (Å²) in [5, 5.41) is 12.4. The highest BCUT2D eigenvalue weighted by Crippen LogP contribution is 2.60. The van der Waals surface area contributed by atoms with E-state index in [-0.39, 0.29) is 11.1 Å². The van der Waals surface area contributed by atoms with Crippen LogP contribution in [0, 0.1) is 0 Å². The van der Waals surface area contributed by atoms with Crippen molar-refractivity contribution in [1.29, 1.82) is 0 Å². The summed E-state index contributed by atoms with van der Waals surface area (Å²) in [5.74, 6) is -1.36. The molecule has 0 radical (unpaired) electrons. The number of halogens is 2. The van der Waals surface area contributed by atoms with E-state index in [0.717, 1.165) is 37.8 Å². The van der Waals surface area contributed by atoms with Gasteiger partial charge in [-0.05, 0) is 49.2 Å². The van der Waals surface area contributed by atoms with Gasteiger partial charge in [0.15, 0.2) is 5.85 Å². The second-order valence-electron chi connectivity index (χ2n) is 7.41. The van der Waals surface area contributed by atoms with Crippen molar-refractivity contribution in [2.45, 2.75) is 44.1 Å². The number of benzene rings is 2. The van der Waals surface area contributed by atoms with Crippen LogP contribution in [-0.2, 0) is 9.09 Å². The van der Waals surface area contributed by atoms with Gasteiger partial charge >= 0.3 is 0 Å². The van der Waals surface area contributed by atoms with E-state index in [1.54, 1.807) is 30.3 Å². The second kappa shape index (κ2) is 9.19. The Bertz CT molecular complexity index is 851. The topological polar surface area (TPSA) is 49.8 Å². The number of hydrogen-bond acceptors (Lipinski definition) is 4. The van der Waals surface area contributed by atoms with E-state index in [1.165, 1.54) is 0 Å². The summed E-state index contributed by atoms with van der Waals surface area (Å²) in [5.41, 5.74) is 1.34. The fourth-order valence-corrected chi connectivity index (χ4v) is 6.42. The second-order valence-corrected chi connectivity index (χ2v) is 10.7. The normalized spacial score (nSPS) is 18.5. The highest BCUT2D eigenvalue weighted by molar-refractivity contribution is 7.67. The van der Waals surface area contributed by atoms with E-state index in [4.69, 9.17) is 27.7 Å². The first-order valence-electron chi connectivity index (χ1n) is 9.50. The quantitative estimate of drug-likeness (QED) is 0.558. The molecule has 1 N–H and O–H groups in total. The molecule has 2 unspecified atom stereocenters. The van der Waals surface area contributed by atoms with E-state index in [1.807, 2.05) is 31.1 Å². The van der Waals surface area contributed by atoms with Gasteiger partial charge in [-0.1, -0.05) is 48.5 Å². The molecule has 1 fully saturated rings. The number of rotatable bonds is 6. The van der Waals surface area contributed by atoms with Crippen molar-refractivity contribution in [2.75, 3.05) is 19.0 Å². The maximum Gasteiger partial charge on any atom is 0.264 e. The average molecular weight is 442 g/mol. The van der Waals surface area contributed by atoms with Crippen molar-refractivity contribution in [1.82, 2.24) is 0 Å². The minimum Gasteiger partial charge on any atom is -0.378 e. The lowest BCUT2D eigenvalue weighted by molar-refractivity contribution is 0.137. The Morgan fingerprint density at radius 2 is 1.71 bits per heavy atom. The SMILES string of the molecule is CN(C)c1ccc(P(=O)(OC2CCCCC2)C(O)c2ccc(Cl)cc2Cl)cc1. The van der Waals surface area contributed by atoms with Crippen molar-refractivity contribution < 1.29 is 14.2 Å². The molecule has 2 aromatic rings. The third-order valence-corrected chi connectivity index (χ3v) is 8.26. The Morgan fingerprint density at radius 1 is 1.07 bits per heavy atom. The summed E-state index contributed by atoms with van der Waals surface area (Å²) < 4.78 is 20.3. The fraction of sp³-hybridized carbons (Fsp3) is 0.429. The van der Waals surface area contributed by atoms with Crippen LogP contribution in [0.4, 0.5) is 5.69 Å². The molecule has 152 valence electrons. The van der Waals surface area contributed by atoms with E-state index >= 15 is 0 Å². The van der Waals surface area contributed by atoms with E-state index in [0.29, 0.717) is 15.9 Å². The molecule has 2 aromatic carbocycles. The van der Waals surface area contributed by atoms with E-state index in [2.05, 4.69) is 0 Å². The number of anilines is 1. The summed E-state index contributed by atoms with van der Waals surface area (Å²) in [6.45, 7) is 0. The first kappa shape index (κ1) is 21.7.